The molecule has 1 heterocycles. The Kier molecular flexibility index (Phi) is 9.43. The summed E-state index contributed by atoms with van der Waals surface area (Å²) in [6.45, 7) is 1.05. The first-order valence-corrected chi connectivity index (χ1v) is 6.10. The number of hydrogen-bond acceptors (Lipinski definition) is 5. The minimum atomic E-state index is -0.148. The molecule has 5 nitrogen and oxygen atoms in total. The summed E-state index contributed by atoms with van der Waals surface area (Å²) in [5.41, 5.74) is 0. The van der Waals surface area contributed by atoms with Gasteiger partial charge in [-0.15, -0.1) is 0 Å². The summed E-state index contributed by atoms with van der Waals surface area (Å²) in [5, 5.41) is 0. The van der Waals surface area contributed by atoms with Crippen molar-refractivity contribution in [2.24, 2.45) is 0 Å². The molecule has 0 aromatic rings. The highest BCUT2D eigenvalue weighted by Gasteiger charge is 2.06. The molecule has 1 rings (SSSR count). The first kappa shape index (κ1) is 15.9. The Labute approximate surface area is 102 Å². The van der Waals surface area contributed by atoms with E-state index < -0.39 is 0 Å². The van der Waals surface area contributed by atoms with Crippen LogP contribution in [-0.4, -0.2) is 25.2 Å². The molecule has 0 amide bonds. The monoisotopic (exact) mass is 245 g/mol. The highest BCUT2D eigenvalue weighted by molar-refractivity contribution is 5.70. The number of esters is 2. The van der Waals surface area contributed by atoms with Gasteiger partial charge in [-0.25, -0.2) is 0 Å². The van der Waals surface area contributed by atoms with Crippen molar-refractivity contribution in [2.75, 3.05) is 13.2 Å². The van der Waals surface area contributed by atoms with Crippen molar-refractivity contribution >= 4 is 11.9 Å². The lowest BCUT2D eigenvalue weighted by Crippen LogP contribution is -2.09. The van der Waals surface area contributed by atoms with Gasteiger partial charge in [-0.05, 0) is 38.5 Å². The van der Waals surface area contributed by atoms with Crippen LogP contribution in [0.25, 0.3) is 0 Å². The van der Waals surface area contributed by atoms with Gasteiger partial charge in [0.25, 0.3) is 0 Å². The van der Waals surface area contributed by atoms with E-state index in [1.807, 2.05) is 0 Å². The average molecular weight is 245 g/mol. The third kappa shape index (κ3) is 8.68. The highest BCUT2D eigenvalue weighted by atomic mass is 16.5. The SMILES string of the molecule is N.O=C1CCCCC(=O)OCCCCCCO1. The zero-order valence-corrected chi connectivity index (χ0v) is 10.4. The van der Waals surface area contributed by atoms with Crippen molar-refractivity contribution in [3.05, 3.63) is 0 Å². The van der Waals surface area contributed by atoms with Crippen LogP contribution >= 0.6 is 0 Å². The Morgan fingerprint density at radius 3 is 1.47 bits per heavy atom. The maximum absolute atomic E-state index is 11.2. The number of carbonyl (C=O) groups is 2. The van der Waals surface area contributed by atoms with E-state index in [-0.39, 0.29) is 18.1 Å². The summed E-state index contributed by atoms with van der Waals surface area (Å²) in [6, 6.07) is 0. The molecule has 100 valence electrons. The Morgan fingerprint density at radius 1 is 0.647 bits per heavy atom. The second kappa shape index (κ2) is 10.1. The van der Waals surface area contributed by atoms with Gasteiger partial charge in [0.05, 0.1) is 13.2 Å². The van der Waals surface area contributed by atoms with Crippen LogP contribution in [0.5, 0.6) is 0 Å². The number of carbonyl (C=O) groups excluding carboxylic acids is 2. The highest BCUT2D eigenvalue weighted by Crippen LogP contribution is 2.07. The minimum Gasteiger partial charge on any atom is -0.466 e. The van der Waals surface area contributed by atoms with Crippen LogP contribution in [0.4, 0.5) is 0 Å². The normalized spacial score (nSPS) is 20.5. The number of ether oxygens (including phenoxy) is 2. The fourth-order valence-corrected chi connectivity index (χ4v) is 1.61. The van der Waals surface area contributed by atoms with E-state index in [4.69, 9.17) is 9.47 Å². The van der Waals surface area contributed by atoms with Gasteiger partial charge in [-0.2, -0.15) is 0 Å². The molecule has 0 aliphatic carbocycles. The molecule has 0 aromatic heterocycles. The van der Waals surface area contributed by atoms with Crippen LogP contribution in [0.3, 0.4) is 0 Å². The van der Waals surface area contributed by atoms with Gasteiger partial charge in [-0.3, -0.25) is 9.59 Å². The smallest absolute Gasteiger partial charge is 0.305 e. The first-order chi connectivity index (χ1) is 7.79. The predicted octanol–water partition coefficient (Wildman–Crippen LogP) is 2.37. The van der Waals surface area contributed by atoms with Crippen molar-refractivity contribution in [2.45, 2.75) is 51.4 Å². The molecule has 0 aromatic carbocycles. The lowest BCUT2D eigenvalue weighted by atomic mass is 10.2. The van der Waals surface area contributed by atoms with Crippen LogP contribution in [0.1, 0.15) is 51.4 Å². The molecule has 1 saturated heterocycles. The maximum Gasteiger partial charge on any atom is 0.305 e. The quantitative estimate of drug-likeness (QED) is 0.662. The van der Waals surface area contributed by atoms with Gasteiger partial charge < -0.3 is 15.6 Å². The van der Waals surface area contributed by atoms with Crippen molar-refractivity contribution in [3.8, 4) is 0 Å². The molecule has 17 heavy (non-hydrogen) atoms. The van der Waals surface area contributed by atoms with E-state index in [1.165, 1.54) is 0 Å². The summed E-state index contributed by atoms with van der Waals surface area (Å²) in [7, 11) is 0. The standard InChI is InChI=1S/C12H20O4.H3N/c13-11-7-3-4-8-12(14)16-10-6-2-1-5-9-15-11;/h1-10H2;1H3. The van der Waals surface area contributed by atoms with E-state index in [9.17, 15) is 9.59 Å². The molecular formula is C12H23NO4. The van der Waals surface area contributed by atoms with Crippen LogP contribution in [0.2, 0.25) is 0 Å². The lowest BCUT2D eigenvalue weighted by molar-refractivity contribution is -0.146. The van der Waals surface area contributed by atoms with E-state index in [0.29, 0.717) is 38.9 Å². The van der Waals surface area contributed by atoms with Gasteiger partial charge in [-0.1, -0.05) is 0 Å². The Morgan fingerprint density at radius 2 is 1.06 bits per heavy atom. The van der Waals surface area contributed by atoms with Crippen molar-refractivity contribution in [1.82, 2.24) is 6.15 Å². The molecule has 0 spiro atoms. The van der Waals surface area contributed by atoms with E-state index in [2.05, 4.69) is 0 Å². The van der Waals surface area contributed by atoms with Gasteiger partial charge in [0, 0.05) is 12.8 Å². The molecule has 0 atom stereocenters. The fourth-order valence-electron chi connectivity index (χ4n) is 1.61. The Bertz CT molecular complexity index is 207. The zero-order valence-electron chi connectivity index (χ0n) is 10.4. The summed E-state index contributed by atoms with van der Waals surface area (Å²) in [5.74, 6) is -0.296. The van der Waals surface area contributed by atoms with Gasteiger partial charge >= 0.3 is 11.9 Å². The maximum atomic E-state index is 11.2. The lowest BCUT2D eigenvalue weighted by Gasteiger charge is -2.07. The first-order valence-electron chi connectivity index (χ1n) is 6.10. The third-order valence-electron chi connectivity index (χ3n) is 2.58. The molecule has 0 saturated carbocycles. The van der Waals surface area contributed by atoms with Crippen LogP contribution < -0.4 is 6.15 Å². The van der Waals surface area contributed by atoms with E-state index in [1.54, 1.807) is 0 Å². The topological polar surface area (TPSA) is 87.6 Å². The van der Waals surface area contributed by atoms with Crippen molar-refractivity contribution in [3.63, 3.8) is 0 Å². The molecule has 1 aliphatic heterocycles. The van der Waals surface area contributed by atoms with Gasteiger partial charge in [0.15, 0.2) is 0 Å². The third-order valence-corrected chi connectivity index (χ3v) is 2.58. The van der Waals surface area contributed by atoms with Crippen LogP contribution in [0.15, 0.2) is 0 Å². The van der Waals surface area contributed by atoms with Crippen molar-refractivity contribution in [1.29, 1.82) is 0 Å². The number of cyclic esters (lactones) is 2. The molecule has 0 unspecified atom stereocenters. The Balaban J connectivity index is 0.00000256. The second-order valence-corrected chi connectivity index (χ2v) is 4.06. The average Bonchev–Trinajstić information content (AvgIpc) is 2.27. The molecule has 0 radical (unpaired) electrons. The summed E-state index contributed by atoms with van der Waals surface area (Å²) in [6.07, 6.45) is 6.07. The second-order valence-electron chi connectivity index (χ2n) is 4.06. The summed E-state index contributed by atoms with van der Waals surface area (Å²) in [4.78, 5) is 22.4. The van der Waals surface area contributed by atoms with Crippen LogP contribution in [0, 0.1) is 0 Å². The van der Waals surface area contributed by atoms with Gasteiger partial charge in [0.2, 0.25) is 0 Å². The fraction of sp³-hybridized carbons (Fsp3) is 0.833. The van der Waals surface area contributed by atoms with Crippen LogP contribution in [-0.2, 0) is 19.1 Å². The largest absolute Gasteiger partial charge is 0.466 e. The summed E-state index contributed by atoms with van der Waals surface area (Å²) < 4.78 is 10.1. The molecular weight excluding hydrogens is 222 g/mol. The molecule has 0 bridgehead atoms. The molecule has 3 N–H and O–H groups in total. The predicted molar refractivity (Wildman–Crippen MR) is 63.9 cm³/mol. The van der Waals surface area contributed by atoms with E-state index in [0.717, 1.165) is 25.7 Å². The summed E-state index contributed by atoms with van der Waals surface area (Å²) >= 11 is 0. The number of hydrogen-bond donors (Lipinski definition) is 1. The molecule has 1 fully saturated rings. The molecule has 5 heteroatoms. The molecule has 1 aliphatic rings. The minimum absolute atomic E-state index is 0. The van der Waals surface area contributed by atoms with Gasteiger partial charge in [0.1, 0.15) is 0 Å². The Hall–Kier alpha value is -1.10. The zero-order chi connectivity index (χ0) is 11.6. The van der Waals surface area contributed by atoms with E-state index >= 15 is 0 Å². The number of rotatable bonds is 0. The van der Waals surface area contributed by atoms with Crippen molar-refractivity contribution < 1.29 is 19.1 Å².